The van der Waals surface area contributed by atoms with Crippen LogP contribution in [0.3, 0.4) is 0 Å². The zero-order valence-electron chi connectivity index (χ0n) is 5.63. The number of aliphatic hydroxyl groups excluding tert-OH is 1. The van der Waals surface area contributed by atoms with E-state index in [-0.39, 0.29) is 6.61 Å². The van der Waals surface area contributed by atoms with Crippen LogP contribution in [-0.4, -0.2) is 23.5 Å². The van der Waals surface area contributed by atoms with Crippen molar-refractivity contribution in [3.8, 4) is 0 Å². The van der Waals surface area contributed by atoms with Crippen LogP contribution in [0.5, 0.6) is 0 Å². The molecule has 2 amide bonds. The summed E-state index contributed by atoms with van der Waals surface area (Å²) in [6.07, 6.45) is 2.35. The molecule has 0 spiro atoms. The number of aliphatic hydroxyl groups is 1. The van der Waals surface area contributed by atoms with E-state index in [9.17, 15) is 9.59 Å². The van der Waals surface area contributed by atoms with Gasteiger partial charge in [0.2, 0.25) is 11.8 Å². The summed E-state index contributed by atoms with van der Waals surface area (Å²) < 4.78 is 0. The van der Waals surface area contributed by atoms with Gasteiger partial charge in [-0.2, -0.15) is 0 Å². The summed E-state index contributed by atoms with van der Waals surface area (Å²) in [5, 5.41) is 10.2. The van der Waals surface area contributed by atoms with Gasteiger partial charge in [0.05, 0.1) is 6.61 Å². The molecule has 0 aromatic heterocycles. The number of rotatable bonds is 2. The highest BCUT2D eigenvalue weighted by Crippen LogP contribution is 1.71. The standard InChI is InChI=1S/C6H9NO3/c1-5(9)7-6(10)3-2-4-8/h2-3,8H,4H2,1H3,(H,7,9,10). The van der Waals surface area contributed by atoms with E-state index in [0.29, 0.717) is 0 Å². The normalized spacial score (nSPS) is 9.80. The van der Waals surface area contributed by atoms with Crippen LogP contribution in [-0.2, 0) is 9.59 Å². The fourth-order valence-electron chi connectivity index (χ4n) is 0.375. The Kier molecular flexibility index (Phi) is 4.15. The van der Waals surface area contributed by atoms with E-state index in [2.05, 4.69) is 0 Å². The first-order chi connectivity index (χ1) is 4.66. The van der Waals surface area contributed by atoms with E-state index in [1.54, 1.807) is 0 Å². The summed E-state index contributed by atoms with van der Waals surface area (Å²) >= 11 is 0. The molecule has 0 radical (unpaired) electrons. The van der Waals surface area contributed by atoms with Gasteiger partial charge in [0.15, 0.2) is 0 Å². The molecule has 0 rings (SSSR count). The number of nitrogens with one attached hydrogen (secondary N) is 1. The van der Waals surface area contributed by atoms with Crippen molar-refractivity contribution in [3.05, 3.63) is 12.2 Å². The van der Waals surface area contributed by atoms with Crippen LogP contribution in [0.1, 0.15) is 6.92 Å². The maximum atomic E-state index is 10.5. The lowest BCUT2D eigenvalue weighted by Gasteiger charge is -1.91. The molecular formula is C6H9NO3. The Morgan fingerprint density at radius 3 is 2.60 bits per heavy atom. The lowest BCUT2D eigenvalue weighted by Crippen LogP contribution is -2.25. The van der Waals surface area contributed by atoms with Gasteiger partial charge in [0.1, 0.15) is 0 Å². The molecule has 0 aliphatic rings. The average molecular weight is 143 g/mol. The van der Waals surface area contributed by atoms with Crippen molar-refractivity contribution in [3.63, 3.8) is 0 Å². The fraction of sp³-hybridized carbons (Fsp3) is 0.333. The summed E-state index contributed by atoms with van der Waals surface area (Å²) in [5.41, 5.74) is 0. The minimum absolute atomic E-state index is 0.203. The van der Waals surface area contributed by atoms with Crippen LogP contribution in [0.2, 0.25) is 0 Å². The van der Waals surface area contributed by atoms with Gasteiger partial charge in [-0.15, -0.1) is 0 Å². The lowest BCUT2D eigenvalue weighted by atomic mass is 10.5. The van der Waals surface area contributed by atoms with E-state index in [4.69, 9.17) is 5.11 Å². The predicted octanol–water partition coefficient (Wildman–Crippen LogP) is -0.802. The van der Waals surface area contributed by atoms with Crippen LogP contribution < -0.4 is 5.32 Å². The minimum atomic E-state index is -0.512. The number of hydrogen-bond acceptors (Lipinski definition) is 3. The number of amides is 2. The third-order valence-corrected chi connectivity index (χ3v) is 0.674. The highest BCUT2D eigenvalue weighted by atomic mass is 16.2. The quantitative estimate of drug-likeness (QED) is 0.497. The summed E-state index contributed by atoms with van der Waals surface area (Å²) in [6.45, 7) is 1.04. The van der Waals surface area contributed by atoms with E-state index in [0.717, 1.165) is 6.08 Å². The van der Waals surface area contributed by atoms with Crippen LogP contribution >= 0.6 is 0 Å². The topological polar surface area (TPSA) is 66.4 Å². The third-order valence-electron chi connectivity index (χ3n) is 0.674. The molecule has 4 nitrogen and oxygen atoms in total. The van der Waals surface area contributed by atoms with Gasteiger partial charge in [0, 0.05) is 13.0 Å². The van der Waals surface area contributed by atoms with Crippen molar-refractivity contribution in [1.29, 1.82) is 0 Å². The molecule has 4 heteroatoms. The summed E-state index contributed by atoms with van der Waals surface area (Å²) in [5.74, 6) is -0.922. The second-order valence-electron chi connectivity index (χ2n) is 1.63. The first-order valence-electron chi connectivity index (χ1n) is 2.75. The molecule has 0 aromatic carbocycles. The molecule has 2 N–H and O–H groups in total. The van der Waals surface area contributed by atoms with Crippen molar-refractivity contribution < 1.29 is 14.7 Å². The van der Waals surface area contributed by atoms with Gasteiger partial charge >= 0.3 is 0 Å². The Labute approximate surface area is 58.5 Å². The average Bonchev–Trinajstić information content (AvgIpc) is 1.82. The van der Waals surface area contributed by atoms with Gasteiger partial charge < -0.3 is 5.11 Å². The molecule has 56 valence electrons. The molecule has 0 fully saturated rings. The first kappa shape index (κ1) is 8.84. The first-order valence-corrected chi connectivity index (χ1v) is 2.75. The second-order valence-corrected chi connectivity index (χ2v) is 1.63. The van der Waals surface area contributed by atoms with Crippen LogP contribution in [0.15, 0.2) is 12.2 Å². The zero-order chi connectivity index (χ0) is 7.98. The molecule has 0 unspecified atom stereocenters. The monoisotopic (exact) mass is 143 g/mol. The highest BCUT2D eigenvalue weighted by molar-refractivity contribution is 5.99. The Morgan fingerprint density at radius 1 is 1.60 bits per heavy atom. The number of imide groups is 1. The highest BCUT2D eigenvalue weighted by Gasteiger charge is 1.95. The van der Waals surface area contributed by atoms with Gasteiger partial charge in [-0.25, -0.2) is 0 Å². The van der Waals surface area contributed by atoms with Crippen LogP contribution in [0.25, 0.3) is 0 Å². The smallest absolute Gasteiger partial charge is 0.250 e. The van der Waals surface area contributed by atoms with E-state index in [1.807, 2.05) is 5.32 Å². The molecular weight excluding hydrogens is 134 g/mol. The summed E-state index contributed by atoms with van der Waals surface area (Å²) in [4.78, 5) is 20.7. The Balaban J connectivity index is 3.64. The zero-order valence-corrected chi connectivity index (χ0v) is 5.63. The molecule has 0 aromatic rings. The largest absolute Gasteiger partial charge is 0.392 e. The van der Waals surface area contributed by atoms with E-state index >= 15 is 0 Å². The molecule has 10 heavy (non-hydrogen) atoms. The summed E-state index contributed by atoms with van der Waals surface area (Å²) in [6, 6.07) is 0. The maximum Gasteiger partial charge on any atom is 0.250 e. The van der Waals surface area contributed by atoms with Crippen molar-refractivity contribution in [2.24, 2.45) is 0 Å². The number of carbonyl (C=O) groups excluding carboxylic acids is 2. The summed E-state index contributed by atoms with van der Waals surface area (Å²) in [7, 11) is 0. The molecule has 0 aliphatic heterocycles. The number of hydrogen-bond donors (Lipinski definition) is 2. The Hall–Kier alpha value is -1.16. The van der Waals surface area contributed by atoms with Crippen molar-refractivity contribution in [2.75, 3.05) is 6.61 Å². The molecule has 0 saturated heterocycles. The molecule has 0 atom stereocenters. The second kappa shape index (κ2) is 4.69. The van der Waals surface area contributed by atoms with Crippen LogP contribution in [0.4, 0.5) is 0 Å². The van der Waals surface area contributed by atoms with Gasteiger partial charge in [-0.05, 0) is 0 Å². The molecule has 0 heterocycles. The predicted molar refractivity (Wildman–Crippen MR) is 35.0 cm³/mol. The molecule has 0 bridgehead atoms. The molecule has 0 aliphatic carbocycles. The van der Waals surface area contributed by atoms with E-state index in [1.165, 1.54) is 13.0 Å². The maximum absolute atomic E-state index is 10.5. The SMILES string of the molecule is CC(=O)NC(=O)C=CCO. The Bertz CT molecular complexity index is 162. The van der Waals surface area contributed by atoms with Gasteiger partial charge in [0.25, 0.3) is 0 Å². The third kappa shape index (κ3) is 4.99. The van der Waals surface area contributed by atoms with Gasteiger partial charge in [-0.3, -0.25) is 14.9 Å². The fourth-order valence-corrected chi connectivity index (χ4v) is 0.375. The lowest BCUT2D eigenvalue weighted by molar-refractivity contribution is -0.126. The van der Waals surface area contributed by atoms with Crippen molar-refractivity contribution in [2.45, 2.75) is 6.92 Å². The van der Waals surface area contributed by atoms with Crippen LogP contribution in [0, 0.1) is 0 Å². The van der Waals surface area contributed by atoms with Gasteiger partial charge in [-0.1, -0.05) is 6.08 Å². The molecule has 0 saturated carbocycles. The minimum Gasteiger partial charge on any atom is -0.392 e. The van der Waals surface area contributed by atoms with Crippen molar-refractivity contribution in [1.82, 2.24) is 5.32 Å². The Morgan fingerprint density at radius 2 is 2.20 bits per heavy atom. The number of carbonyl (C=O) groups is 2. The van der Waals surface area contributed by atoms with Crippen molar-refractivity contribution >= 4 is 11.8 Å². The van der Waals surface area contributed by atoms with E-state index < -0.39 is 11.8 Å².